The van der Waals surface area contributed by atoms with E-state index in [0.717, 1.165) is 10.0 Å². The van der Waals surface area contributed by atoms with Gasteiger partial charge in [0.05, 0.1) is 4.47 Å². The number of hydrogen-bond acceptors (Lipinski definition) is 5. The highest BCUT2D eigenvalue weighted by Gasteiger charge is 2.26. The number of thiazole rings is 1. The zero-order chi connectivity index (χ0) is 14.3. The lowest BCUT2D eigenvalue weighted by molar-refractivity contribution is -0.391. The number of aryl methyl sites for hydroxylation is 1. The highest BCUT2D eigenvalue weighted by atomic mass is 79.9. The highest BCUT2D eigenvalue weighted by Crippen LogP contribution is 2.36. The Balaban J connectivity index is 2.08. The summed E-state index contributed by atoms with van der Waals surface area (Å²) in [7, 11) is 0. The van der Waals surface area contributed by atoms with Crippen LogP contribution in [-0.4, -0.2) is 14.3 Å². The number of nitro groups is 1. The van der Waals surface area contributed by atoms with E-state index in [4.69, 9.17) is 4.74 Å². The van der Waals surface area contributed by atoms with Crippen LogP contribution in [0.1, 0.15) is 5.56 Å². The molecule has 3 aromatic rings. The number of rotatable bonds is 3. The highest BCUT2D eigenvalue weighted by molar-refractivity contribution is 9.10. The molecule has 3 rings (SSSR count). The Morgan fingerprint density at radius 1 is 1.50 bits per heavy atom. The lowest BCUT2D eigenvalue weighted by Crippen LogP contribution is -1.95. The van der Waals surface area contributed by atoms with E-state index >= 15 is 0 Å². The topological polar surface area (TPSA) is 69.7 Å². The first-order chi connectivity index (χ1) is 9.56. The number of nitrogens with zero attached hydrogens (tertiary/aromatic N) is 3. The molecule has 0 aliphatic heterocycles. The molecule has 6 nitrogen and oxygen atoms in total. The largest absolute Gasteiger partial charge is 0.431 e. The van der Waals surface area contributed by atoms with E-state index in [1.54, 1.807) is 17.6 Å². The SMILES string of the molecule is Cc1ccc(Oc2nc3sccn3c2[N+](=O)[O-])c(Br)c1. The molecular weight excluding hydrogens is 346 g/mol. The molecule has 2 aromatic heterocycles. The molecule has 1 aromatic carbocycles. The van der Waals surface area contributed by atoms with Crippen molar-refractivity contribution < 1.29 is 9.66 Å². The zero-order valence-electron chi connectivity index (χ0n) is 10.2. The van der Waals surface area contributed by atoms with Gasteiger partial charge in [-0.15, -0.1) is 0 Å². The van der Waals surface area contributed by atoms with Gasteiger partial charge in [-0.05, 0) is 45.5 Å². The second-order valence-corrected chi connectivity index (χ2v) is 5.82. The van der Waals surface area contributed by atoms with Crippen LogP contribution in [0.4, 0.5) is 5.82 Å². The Labute approximate surface area is 125 Å². The number of aromatic nitrogens is 2. The predicted molar refractivity (Wildman–Crippen MR) is 78.7 cm³/mol. The summed E-state index contributed by atoms with van der Waals surface area (Å²) < 4.78 is 7.72. The summed E-state index contributed by atoms with van der Waals surface area (Å²) >= 11 is 4.69. The van der Waals surface area contributed by atoms with Gasteiger partial charge >= 0.3 is 11.7 Å². The fraction of sp³-hybridized carbons (Fsp3) is 0.0833. The van der Waals surface area contributed by atoms with Gasteiger partial charge in [0.25, 0.3) is 4.96 Å². The number of halogens is 1. The monoisotopic (exact) mass is 353 g/mol. The summed E-state index contributed by atoms with van der Waals surface area (Å²) in [6.45, 7) is 1.95. The van der Waals surface area contributed by atoms with E-state index < -0.39 is 4.92 Å². The van der Waals surface area contributed by atoms with E-state index in [1.165, 1.54) is 15.7 Å². The molecule has 0 radical (unpaired) electrons. The third-order valence-corrected chi connectivity index (χ3v) is 4.05. The van der Waals surface area contributed by atoms with E-state index in [-0.39, 0.29) is 11.7 Å². The van der Waals surface area contributed by atoms with Crippen LogP contribution in [0.3, 0.4) is 0 Å². The number of imidazole rings is 1. The van der Waals surface area contributed by atoms with E-state index in [1.807, 2.05) is 19.1 Å². The average molecular weight is 354 g/mol. The summed E-state index contributed by atoms with van der Waals surface area (Å²) in [5, 5.41) is 12.9. The van der Waals surface area contributed by atoms with Gasteiger partial charge in [0.2, 0.25) is 0 Å². The molecule has 0 atom stereocenters. The van der Waals surface area contributed by atoms with Crippen LogP contribution in [0.2, 0.25) is 0 Å². The molecule has 0 amide bonds. The quantitative estimate of drug-likeness (QED) is 0.523. The lowest BCUT2D eigenvalue weighted by Gasteiger charge is -2.05. The minimum Gasteiger partial charge on any atom is -0.431 e. The first kappa shape index (κ1) is 13.1. The van der Waals surface area contributed by atoms with Crippen molar-refractivity contribution in [2.24, 2.45) is 0 Å². The molecule has 0 saturated heterocycles. The average Bonchev–Trinajstić information content (AvgIpc) is 2.91. The maximum atomic E-state index is 11.2. The number of fused-ring (bicyclic) bond motifs is 1. The van der Waals surface area contributed by atoms with Gasteiger partial charge in [0.15, 0.2) is 0 Å². The molecule has 0 saturated carbocycles. The van der Waals surface area contributed by atoms with Gasteiger partial charge in [-0.3, -0.25) is 0 Å². The Hall–Kier alpha value is -1.93. The lowest BCUT2D eigenvalue weighted by atomic mass is 10.2. The third kappa shape index (κ3) is 2.16. The van der Waals surface area contributed by atoms with E-state index in [9.17, 15) is 10.1 Å². The van der Waals surface area contributed by atoms with Crippen molar-refractivity contribution in [1.82, 2.24) is 9.38 Å². The molecule has 0 fully saturated rings. The van der Waals surface area contributed by atoms with Crippen LogP contribution >= 0.6 is 27.3 Å². The maximum absolute atomic E-state index is 11.2. The standard InChI is InChI=1S/C12H8BrN3O3S/c1-7-2-3-9(8(13)6-7)19-10-11(16(17)18)15-4-5-20-12(15)14-10/h2-6H,1H3. The van der Waals surface area contributed by atoms with Crippen LogP contribution in [-0.2, 0) is 0 Å². The van der Waals surface area contributed by atoms with Crippen LogP contribution < -0.4 is 4.74 Å². The van der Waals surface area contributed by atoms with Gasteiger partial charge in [-0.1, -0.05) is 17.4 Å². The molecule has 0 unspecified atom stereocenters. The van der Waals surface area contributed by atoms with Gasteiger partial charge < -0.3 is 14.9 Å². The van der Waals surface area contributed by atoms with Crippen molar-refractivity contribution in [3.63, 3.8) is 0 Å². The summed E-state index contributed by atoms with van der Waals surface area (Å²) in [5.41, 5.74) is 1.06. The van der Waals surface area contributed by atoms with Crippen molar-refractivity contribution in [3.05, 3.63) is 49.9 Å². The van der Waals surface area contributed by atoms with Crippen LogP contribution in [0.25, 0.3) is 4.96 Å². The Bertz CT molecular complexity index is 811. The number of hydrogen-bond donors (Lipinski definition) is 0. The van der Waals surface area contributed by atoms with Crippen molar-refractivity contribution in [1.29, 1.82) is 0 Å². The summed E-state index contributed by atoms with van der Waals surface area (Å²) in [6.07, 6.45) is 1.60. The number of benzene rings is 1. The van der Waals surface area contributed by atoms with Gasteiger partial charge in [0, 0.05) is 5.38 Å². The molecule has 0 N–H and O–H groups in total. The van der Waals surface area contributed by atoms with Gasteiger partial charge in [-0.25, -0.2) is 0 Å². The summed E-state index contributed by atoms with van der Waals surface area (Å²) in [5.74, 6) is 0.310. The van der Waals surface area contributed by atoms with E-state index in [0.29, 0.717) is 10.7 Å². The van der Waals surface area contributed by atoms with Crippen LogP contribution in [0.5, 0.6) is 11.6 Å². The molecule has 102 valence electrons. The molecular formula is C12H8BrN3O3S. The normalized spacial score (nSPS) is 10.9. The first-order valence-electron chi connectivity index (χ1n) is 5.60. The smallest absolute Gasteiger partial charge is 0.393 e. The molecule has 0 aliphatic carbocycles. The van der Waals surface area contributed by atoms with Gasteiger partial charge in [0.1, 0.15) is 11.9 Å². The Morgan fingerprint density at radius 3 is 3.00 bits per heavy atom. The molecule has 0 spiro atoms. The Morgan fingerprint density at radius 2 is 2.30 bits per heavy atom. The molecule has 0 aliphatic rings. The first-order valence-corrected chi connectivity index (χ1v) is 7.27. The minimum absolute atomic E-state index is 0.00796. The minimum atomic E-state index is -0.496. The molecule has 8 heteroatoms. The maximum Gasteiger partial charge on any atom is 0.393 e. The Kier molecular flexibility index (Phi) is 3.19. The molecule has 0 bridgehead atoms. The second kappa shape index (κ2) is 4.88. The van der Waals surface area contributed by atoms with Crippen LogP contribution in [0.15, 0.2) is 34.2 Å². The second-order valence-electron chi connectivity index (χ2n) is 4.09. The molecule has 2 heterocycles. The fourth-order valence-electron chi connectivity index (χ4n) is 1.78. The zero-order valence-corrected chi connectivity index (χ0v) is 12.6. The third-order valence-electron chi connectivity index (χ3n) is 2.67. The van der Waals surface area contributed by atoms with Crippen molar-refractivity contribution >= 4 is 38.0 Å². The summed E-state index contributed by atoms with van der Waals surface area (Å²) in [4.78, 5) is 15.4. The fourth-order valence-corrected chi connectivity index (χ4v) is 3.06. The van der Waals surface area contributed by atoms with Gasteiger partial charge in [-0.2, -0.15) is 9.38 Å². The van der Waals surface area contributed by atoms with E-state index in [2.05, 4.69) is 20.9 Å². The number of ether oxygens (including phenoxy) is 1. The molecule has 20 heavy (non-hydrogen) atoms. The van der Waals surface area contributed by atoms with Crippen molar-refractivity contribution in [2.45, 2.75) is 6.92 Å². The predicted octanol–water partition coefficient (Wildman–Crippen LogP) is 4.17. The van der Waals surface area contributed by atoms with Crippen molar-refractivity contribution in [3.8, 4) is 11.6 Å². The summed E-state index contributed by atoms with van der Waals surface area (Å²) in [6, 6.07) is 5.49. The van der Waals surface area contributed by atoms with Crippen LogP contribution in [0, 0.1) is 17.0 Å². The van der Waals surface area contributed by atoms with Crippen molar-refractivity contribution in [2.75, 3.05) is 0 Å².